The summed E-state index contributed by atoms with van der Waals surface area (Å²) in [6.07, 6.45) is 9.99. The summed E-state index contributed by atoms with van der Waals surface area (Å²) >= 11 is 0. The molecule has 0 aromatic heterocycles. The summed E-state index contributed by atoms with van der Waals surface area (Å²) in [7, 11) is 0. The lowest BCUT2D eigenvalue weighted by molar-refractivity contribution is 0.448. The topological polar surface area (TPSA) is 20.2 Å². The minimum atomic E-state index is 0.632. The van der Waals surface area contributed by atoms with Crippen LogP contribution in [0.5, 0.6) is 5.75 Å². The standard InChI is InChI=1S/C15H20O/c16-15-13-8-4-3-7-12(13)9-10-14(15)11-5-1-2-6-11/h9-11,16H,1-8H2. The zero-order valence-corrected chi connectivity index (χ0v) is 9.84. The van der Waals surface area contributed by atoms with Gasteiger partial charge >= 0.3 is 0 Å². The molecule has 0 bridgehead atoms. The van der Waals surface area contributed by atoms with Crippen LogP contribution < -0.4 is 0 Å². The minimum Gasteiger partial charge on any atom is -0.507 e. The molecule has 16 heavy (non-hydrogen) atoms. The van der Waals surface area contributed by atoms with Crippen molar-refractivity contribution >= 4 is 0 Å². The molecule has 0 radical (unpaired) electrons. The SMILES string of the molecule is Oc1c(C2CCCC2)ccc2c1CCCC2. The summed E-state index contributed by atoms with van der Waals surface area (Å²) in [6, 6.07) is 4.46. The van der Waals surface area contributed by atoms with E-state index < -0.39 is 0 Å². The van der Waals surface area contributed by atoms with Crippen molar-refractivity contribution in [2.45, 2.75) is 57.3 Å². The van der Waals surface area contributed by atoms with Gasteiger partial charge in [0.1, 0.15) is 5.75 Å². The summed E-state index contributed by atoms with van der Waals surface area (Å²) in [4.78, 5) is 0. The second-order valence-electron chi connectivity index (χ2n) is 5.33. The van der Waals surface area contributed by atoms with Gasteiger partial charge in [-0.05, 0) is 61.1 Å². The highest BCUT2D eigenvalue weighted by atomic mass is 16.3. The first-order chi connectivity index (χ1) is 7.86. The maximum absolute atomic E-state index is 10.4. The fraction of sp³-hybridized carbons (Fsp3) is 0.600. The van der Waals surface area contributed by atoms with Crippen LogP contribution in [0, 0.1) is 0 Å². The third-order valence-corrected chi connectivity index (χ3v) is 4.33. The van der Waals surface area contributed by atoms with Gasteiger partial charge in [-0.1, -0.05) is 25.0 Å². The summed E-state index contributed by atoms with van der Waals surface area (Å²) in [6.45, 7) is 0. The van der Waals surface area contributed by atoms with Crippen molar-refractivity contribution in [2.24, 2.45) is 0 Å². The van der Waals surface area contributed by atoms with Crippen molar-refractivity contribution in [2.75, 3.05) is 0 Å². The molecule has 0 amide bonds. The molecule has 0 aliphatic heterocycles. The number of fused-ring (bicyclic) bond motifs is 1. The number of phenolic OH excluding ortho intramolecular Hbond substituents is 1. The lowest BCUT2D eigenvalue weighted by Gasteiger charge is -2.21. The van der Waals surface area contributed by atoms with Crippen molar-refractivity contribution < 1.29 is 5.11 Å². The Hall–Kier alpha value is -0.980. The van der Waals surface area contributed by atoms with Crippen molar-refractivity contribution in [3.05, 3.63) is 28.8 Å². The van der Waals surface area contributed by atoms with Crippen LogP contribution in [-0.2, 0) is 12.8 Å². The van der Waals surface area contributed by atoms with E-state index in [0.29, 0.717) is 11.7 Å². The molecule has 86 valence electrons. The molecule has 1 heteroatoms. The highest BCUT2D eigenvalue weighted by Gasteiger charge is 2.23. The lowest BCUT2D eigenvalue weighted by atomic mass is 9.86. The van der Waals surface area contributed by atoms with E-state index in [1.807, 2.05) is 0 Å². The van der Waals surface area contributed by atoms with Gasteiger partial charge in [0, 0.05) is 0 Å². The molecule has 1 aromatic rings. The number of aryl methyl sites for hydroxylation is 1. The molecule has 1 N–H and O–H groups in total. The molecule has 3 rings (SSSR count). The van der Waals surface area contributed by atoms with Crippen LogP contribution in [-0.4, -0.2) is 5.11 Å². The summed E-state index contributed by atoms with van der Waals surface area (Å²) in [5.41, 5.74) is 3.89. The van der Waals surface area contributed by atoms with Crippen LogP contribution in [0.15, 0.2) is 12.1 Å². The number of phenols is 1. The van der Waals surface area contributed by atoms with Crippen LogP contribution in [0.25, 0.3) is 0 Å². The predicted octanol–water partition coefficient (Wildman–Crippen LogP) is 3.93. The lowest BCUT2D eigenvalue weighted by Crippen LogP contribution is -2.05. The molecule has 2 aliphatic carbocycles. The number of benzene rings is 1. The van der Waals surface area contributed by atoms with Gasteiger partial charge in [0.25, 0.3) is 0 Å². The highest BCUT2D eigenvalue weighted by Crippen LogP contribution is 2.41. The van der Waals surface area contributed by atoms with Gasteiger partial charge in [0.2, 0.25) is 0 Å². The van der Waals surface area contributed by atoms with E-state index in [9.17, 15) is 5.11 Å². The quantitative estimate of drug-likeness (QED) is 0.754. The third kappa shape index (κ3) is 1.63. The first kappa shape index (κ1) is 10.2. The Bertz CT molecular complexity index is 389. The van der Waals surface area contributed by atoms with Crippen LogP contribution >= 0.6 is 0 Å². The summed E-state index contributed by atoms with van der Waals surface area (Å²) < 4.78 is 0. The van der Waals surface area contributed by atoms with E-state index in [2.05, 4.69) is 12.1 Å². The number of hydrogen-bond acceptors (Lipinski definition) is 1. The van der Waals surface area contributed by atoms with Gasteiger partial charge in [-0.2, -0.15) is 0 Å². The van der Waals surface area contributed by atoms with E-state index in [4.69, 9.17) is 0 Å². The van der Waals surface area contributed by atoms with Gasteiger partial charge < -0.3 is 5.11 Å². The number of rotatable bonds is 1. The molecule has 1 saturated carbocycles. The van der Waals surface area contributed by atoms with Crippen molar-refractivity contribution in [1.29, 1.82) is 0 Å². The molecule has 1 fully saturated rings. The van der Waals surface area contributed by atoms with E-state index >= 15 is 0 Å². The Morgan fingerprint density at radius 2 is 1.69 bits per heavy atom. The smallest absolute Gasteiger partial charge is 0.122 e. The van der Waals surface area contributed by atoms with Crippen molar-refractivity contribution in [3.63, 3.8) is 0 Å². The van der Waals surface area contributed by atoms with Crippen LogP contribution in [0.2, 0.25) is 0 Å². The number of hydrogen-bond donors (Lipinski definition) is 1. The molecule has 0 spiro atoms. The highest BCUT2D eigenvalue weighted by molar-refractivity contribution is 5.48. The first-order valence-corrected chi connectivity index (χ1v) is 6.70. The second-order valence-corrected chi connectivity index (χ2v) is 5.33. The van der Waals surface area contributed by atoms with Gasteiger partial charge in [-0.3, -0.25) is 0 Å². The Kier molecular flexibility index (Phi) is 2.62. The largest absolute Gasteiger partial charge is 0.507 e. The Balaban J connectivity index is 1.99. The van der Waals surface area contributed by atoms with E-state index in [1.165, 1.54) is 55.2 Å². The molecular formula is C15H20O. The van der Waals surface area contributed by atoms with E-state index in [-0.39, 0.29) is 0 Å². The van der Waals surface area contributed by atoms with E-state index in [1.54, 1.807) is 0 Å². The molecular weight excluding hydrogens is 196 g/mol. The Morgan fingerprint density at radius 1 is 0.938 bits per heavy atom. The molecule has 1 nitrogen and oxygen atoms in total. The van der Waals surface area contributed by atoms with Crippen molar-refractivity contribution in [3.8, 4) is 5.75 Å². The fourth-order valence-corrected chi connectivity index (χ4v) is 3.39. The van der Waals surface area contributed by atoms with E-state index in [0.717, 1.165) is 12.8 Å². The molecule has 1 aromatic carbocycles. The van der Waals surface area contributed by atoms with Gasteiger partial charge in [-0.15, -0.1) is 0 Å². The van der Waals surface area contributed by atoms with Crippen LogP contribution in [0.3, 0.4) is 0 Å². The average Bonchev–Trinajstić information content (AvgIpc) is 2.83. The normalized spacial score (nSPS) is 21.0. The molecule has 0 unspecified atom stereocenters. The Labute approximate surface area is 97.5 Å². The third-order valence-electron chi connectivity index (χ3n) is 4.33. The molecule has 0 heterocycles. The fourth-order valence-electron chi connectivity index (χ4n) is 3.39. The zero-order valence-electron chi connectivity index (χ0n) is 9.84. The van der Waals surface area contributed by atoms with Gasteiger partial charge in [0.05, 0.1) is 0 Å². The van der Waals surface area contributed by atoms with Gasteiger partial charge in [-0.25, -0.2) is 0 Å². The van der Waals surface area contributed by atoms with Crippen LogP contribution in [0.4, 0.5) is 0 Å². The maximum Gasteiger partial charge on any atom is 0.122 e. The predicted molar refractivity (Wildman–Crippen MR) is 66.0 cm³/mol. The van der Waals surface area contributed by atoms with Crippen molar-refractivity contribution in [1.82, 2.24) is 0 Å². The first-order valence-electron chi connectivity index (χ1n) is 6.70. The Morgan fingerprint density at radius 3 is 2.50 bits per heavy atom. The minimum absolute atomic E-state index is 0.632. The molecule has 0 atom stereocenters. The number of aromatic hydroxyl groups is 1. The summed E-state index contributed by atoms with van der Waals surface area (Å²) in [5, 5.41) is 10.4. The molecule has 0 saturated heterocycles. The maximum atomic E-state index is 10.4. The average molecular weight is 216 g/mol. The summed E-state index contributed by atoms with van der Waals surface area (Å²) in [5.74, 6) is 1.27. The zero-order chi connectivity index (χ0) is 11.0. The van der Waals surface area contributed by atoms with Crippen LogP contribution in [0.1, 0.15) is 61.1 Å². The monoisotopic (exact) mass is 216 g/mol. The second kappa shape index (κ2) is 4.12. The molecule has 2 aliphatic rings. The van der Waals surface area contributed by atoms with Gasteiger partial charge in [0.15, 0.2) is 0 Å².